The predicted molar refractivity (Wildman–Crippen MR) is 69.5 cm³/mol. The molecule has 1 fully saturated rings. The summed E-state index contributed by atoms with van der Waals surface area (Å²) in [6.45, 7) is 5.58. The molecule has 0 aromatic heterocycles. The minimum Gasteiger partial charge on any atom is -0.307 e. The van der Waals surface area contributed by atoms with Crippen LogP contribution in [-0.4, -0.2) is 5.54 Å². The van der Waals surface area contributed by atoms with Crippen molar-refractivity contribution in [3.8, 4) is 0 Å². The first kappa shape index (κ1) is 11.7. The second-order valence-corrected chi connectivity index (χ2v) is 5.29. The molecule has 1 aliphatic carbocycles. The van der Waals surface area contributed by atoms with Crippen molar-refractivity contribution >= 4 is 0 Å². The molecule has 1 aliphatic rings. The fourth-order valence-corrected chi connectivity index (χ4v) is 2.54. The minimum absolute atomic E-state index is 0.392. The maximum absolute atomic E-state index is 3.71. The van der Waals surface area contributed by atoms with Gasteiger partial charge in [0.15, 0.2) is 0 Å². The molecule has 0 radical (unpaired) electrons. The molecule has 1 heteroatoms. The molecule has 0 saturated heterocycles. The average Bonchev–Trinajstić information content (AvgIpc) is 2.75. The van der Waals surface area contributed by atoms with Crippen LogP contribution in [0.25, 0.3) is 0 Å². The van der Waals surface area contributed by atoms with Crippen LogP contribution in [0.15, 0.2) is 24.3 Å². The molecule has 0 heterocycles. The second kappa shape index (κ2) is 5.01. The smallest absolute Gasteiger partial charge is 0.0210 e. The van der Waals surface area contributed by atoms with Crippen LogP contribution in [0.2, 0.25) is 0 Å². The van der Waals surface area contributed by atoms with Gasteiger partial charge in [-0.25, -0.2) is 0 Å². The zero-order valence-electron chi connectivity index (χ0n) is 10.6. The molecule has 88 valence electrons. The fourth-order valence-electron chi connectivity index (χ4n) is 2.54. The van der Waals surface area contributed by atoms with E-state index in [1.165, 1.54) is 36.8 Å². The summed E-state index contributed by atoms with van der Waals surface area (Å²) in [5, 5.41) is 3.71. The summed E-state index contributed by atoms with van der Waals surface area (Å²) in [4.78, 5) is 0. The SMILES string of the molecule is CCc1ccc(CNC2(C)CCCC2)cc1. The Balaban J connectivity index is 1.89. The van der Waals surface area contributed by atoms with Crippen molar-refractivity contribution in [1.82, 2.24) is 5.32 Å². The van der Waals surface area contributed by atoms with Gasteiger partial charge in [-0.1, -0.05) is 44.0 Å². The van der Waals surface area contributed by atoms with Gasteiger partial charge in [0.05, 0.1) is 0 Å². The van der Waals surface area contributed by atoms with Gasteiger partial charge in [0.25, 0.3) is 0 Å². The van der Waals surface area contributed by atoms with E-state index in [1.54, 1.807) is 0 Å². The van der Waals surface area contributed by atoms with Crippen molar-refractivity contribution in [3.05, 3.63) is 35.4 Å². The largest absolute Gasteiger partial charge is 0.307 e. The van der Waals surface area contributed by atoms with E-state index in [-0.39, 0.29) is 0 Å². The summed E-state index contributed by atoms with van der Waals surface area (Å²) in [6, 6.07) is 9.00. The van der Waals surface area contributed by atoms with Crippen molar-refractivity contribution in [2.24, 2.45) is 0 Å². The first-order valence-corrected chi connectivity index (χ1v) is 6.55. The molecule has 2 rings (SSSR count). The van der Waals surface area contributed by atoms with Crippen molar-refractivity contribution in [2.45, 2.75) is 58.0 Å². The van der Waals surface area contributed by atoms with E-state index in [9.17, 15) is 0 Å². The van der Waals surface area contributed by atoms with Crippen molar-refractivity contribution in [3.63, 3.8) is 0 Å². The van der Waals surface area contributed by atoms with Crippen LogP contribution >= 0.6 is 0 Å². The summed E-state index contributed by atoms with van der Waals surface area (Å²) in [6.07, 6.45) is 6.57. The highest BCUT2D eigenvalue weighted by Gasteiger charge is 2.27. The molecule has 0 amide bonds. The van der Waals surface area contributed by atoms with Gasteiger partial charge in [0.2, 0.25) is 0 Å². The van der Waals surface area contributed by atoms with E-state index in [4.69, 9.17) is 0 Å². The Labute approximate surface area is 99.3 Å². The van der Waals surface area contributed by atoms with Crippen molar-refractivity contribution < 1.29 is 0 Å². The molecular formula is C15H23N. The van der Waals surface area contributed by atoms with Crippen LogP contribution in [0, 0.1) is 0 Å². The average molecular weight is 217 g/mol. The number of hydrogen-bond donors (Lipinski definition) is 1. The van der Waals surface area contributed by atoms with Crippen LogP contribution < -0.4 is 5.32 Å². The Morgan fingerprint density at radius 2 is 1.62 bits per heavy atom. The Hall–Kier alpha value is -0.820. The van der Waals surface area contributed by atoms with Crippen LogP contribution in [0.4, 0.5) is 0 Å². The number of nitrogens with one attached hydrogen (secondary N) is 1. The van der Waals surface area contributed by atoms with Gasteiger partial charge in [0.1, 0.15) is 0 Å². The lowest BCUT2D eigenvalue weighted by molar-refractivity contribution is 0.363. The van der Waals surface area contributed by atoms with Gasteiger partial charge in [-0.3, -0.25) is 0 Å². The van der Waals surface area contributed by atoms with Crippen LogP contribution in [0.5, 0.6) is 0 Å². The Morgan fingerprint density at radius 1 is 1.06 bits per heavy atom. The lowest BCUT2D eigenvalue weighted by atomic mass is 10.00. The van der Waals surface area contributed by atoms with E-state index in [0.29, 0.717) is 5.54 Å². The van der Waals surface area contributed by atoms with Crippen molar-refractivity contribution in [1.29, 1.82) is 0 Å². The van der Waals surface area contributed by atoms with Gasteiger partial charge in [-0.05, 0) is 37.3 Å². The molecule has 1 saturated carbocycles. The van der Waals surface area contributed by atoms with Gasteiger partial charge >= 0.3 is 0 Å². The van der Waals surface area contributed by atoms with E-state index in [2.05, 4.69) is 43.4 Å². The van der Waals surface area contributed by atoms with E-state index < -0.39 is 0 Å². The lowest BCUT2D eigenvalue weighted by Crippen LogP contribution is -2.38. The van der Waals surface area contributed by atoms with Gasteiger partial charge < -0.3 is 5.32 Å². The topological polar surface area (TPSA) is 12.0 Å². The second-order valence-electron chi connectivity index (χ2n) is 5.29. The molecule has 0 spiro atoms. The molecule has 0 bridgehead atoms. The van der Waals surface area contributed by atoms with Gasteiger partial charge in [-0.2, -0.15) is 0 Å². The van der Waals surface area contributed by atoms with E-state index in [1.807, 2.05) is 0 Å². The number of hydrogen-bond acceptors (Lipinski definition) is 1. The van der Waals surface area contributed by atoms with E-state index >= 15 is 0 Å². The zero-order valence-corrected chi connectivity index (χ0v) is 10.6. The molecule has 1 aromatic carbocycles. The summed E-state index contributed by atoms with van der Waals surface area (Å²) < 4.78 is 0. The molecule has 0 atom stereocenters. The Morgan fingerprint density at radius 3 is 2.19 bits per heavy atom. The third-order valence-electron chi connectivity index (χ3n) is 3.86. The lowest BCUT2D eigenvalue weighted by Gasteiger charge is -2.25. The van der Waals surface area contributed by atoms with Crippen molar-refractivity contribution in [2.75, 3.05) is 0 Å². The normalized spacial score (nSPS) is 18.9. The maximum Gasteiger partial charge on any atom is 0.0210 e. The first-order chi connectivity index (χ1) is 7.72. The third-order valence-corrected chi connectivity index (χ3v) is 3.86. The summed E-state index contributed by atoms with van der Waals surface area (Å²) in [5.74, 6) is 0. The summed E-state index contributed by atoms with van der Waals surface area (Å²) in [5.41, 5.74) is 3.23. The summed E-state index contributed by atoms with van der Waals surface area (Å²) in [7, 11) is 0. The van der Waals surface area contributed by atoms with Crippen LogP contribution in [-0.2, 0) is 13.0 Å². The molecule has 0 unspecified atom stereocenters. The number of aryl methyl sites for hydroxylation is 1. The van der Waals surface area contributed by atoms with E-state index in [0.717, 1.165) is 13.0 Å². The molecule has 1 nitrogen and oxygen atoms in total. The monoisotopic (exact) mass is 217 g/mol. The summed E-state index contributed by atoms with van der Waals surface area (Å²) >= 11 is 0. The highest BCUT2D eigenvalue weighted by Crippen LogP contribution is 2.29. The number of benzene rings is 1. The molecular weight excluding hydrogens is 194 g/mol. The maximum atomic E-state index is 3.71. The van der Waals surface area contributed by atoms with Gasteiger partial charge in [-0.15, -0.1) is 0 Å². The van der Waals surface area contributed by atoms with Gasteiger partial charge in [0, 0.05) is 12.1 Å². The molecule has 0 aliphatic heterocycles. The van der Waals surface area contributed by atoms with Crippen LogP contribution in [0.1, 0.15) is 50.7 Å². The highest BCUT2D eigenvalue weighted by molar-refractivity contribution is 5.22. The standard InChI is InChI=1S/C15H23N/c1-3-13-6-8-14(9-7-13)12-16-15(2)10-4-5-11-15/h6-9,16H,3-5,10-12H2,1-2H3. The predicted octanol–water partition coefficient (Wildman–Crippen LogP) is 3.67. The zero-order chi connectivity index (χ0) is 11.4. The van der Waals surface area contributed by atoms with Crippen LogP contribution in [0.3, 0.4) is 0 Å². The Bertz CT molecular complexity index is 320. The molecule has 1 N–H and O–H groups in total. The first-order valence-electron chi connectivity index (χ1n) is 6.55. The fraction of sp³-hybridized carbons (Fsp3) is 0.600. The highest BCUT2D eigenvalue weighted by atomic mass is 15.0. The quantitative estimate of drug-likeness (QED) is 0.811. The third kappa shape index (κ3) is 2.85. The molecule has 1 aromatic rings. The number of rotatable bonds is 4. The molecule has 16 heavy (non-hydrogen) atoms. The minimum atomic E-state index is 0.392. The Kier molecular flexibility index (Phi) is 3.65.